The van der Waals surface area contributed by atoms with E-state index in [-0.39, 0.29) is 0 Å². The highest BCUT2D eigenvalue weighted by Crippen LogP contribution is 2.39. The Morgan fingerprint density at radius 3 is 2.82 bits per heavy atom. The minimum absolute atomic E-state index is 0.811. The third-order valence-electron chi connectivity index (χ3n) is 4.31. The van der Waals surface area contributed by atoms with E-state index in [0.717, 1.165) is 24.5 Å². The SMILES string of the molecule is Cc1cccc(CNc2[nH]nc3c2Cc2ccc(C)cc2-3)c1. The Labute approximate surface area is 130 Å². The van der Waals surface area contributed by atoms with Crippen LogP contribution in [-0.2, 0) is 13.0 Å². The number of hydrogen-bond donors (Lipinski definition) is 2. The van der Waals surface area contributed by atoms with Crippen molar-refractivity contribution in [3.63, 3.8) is 0 Å². The van der Waals surface area contributed by atoms with E-state index in [1.54, 1.807) is 0 Å². The summed E-state index contributed by atoms with van der Waals surface area (Å²) in [6.45, 7) is 5.06. The third kappa shape index (κ3) is 2.19. The predicted octanol–water partition coefficient (Wildman–Crippen LogP) is 4.21. The standard InChI is InChI=1S/C19H19N3/c1-12-4-3-5-14(8-12)11-20-19-17-10-15-7-6-13(2)9-16(15)18(17)21-22-19/h3-9H,10-11H2,1-2H3,(H2,20,21,22). The number of rotatable bonds is 3. The fourth-order valence-corrected chi connectivity index (χ4v) is 3.17. The maximum Gasteiger partial charge on any atom is 0.125 e. The first-order valence-corrected chi connectivity index (χ1v) is 7.67. The van der Waals surface area contributed by atoms with E-state index in [9.17, 15) is 0 Å². The van der Waals surface area contributed by atoms with Crippen LogP contribution in [0.2, 0.25) is 0 Å². The van der Waals surface area contributed by atoms with Crippen LogP contribution in [0.5, 0.6) is 0 Å². The number of nitrogens with one attached hydrogen (secondary N) is 2. The summed E-state index contributed by atoms with van der Waals surface area (Å²) in [6, 6.07) is 15.2. The van der Waals surface area contributed by atoms with E-state index in [4.69, 9.17) is 0 Å². The third-order valence-corrected chi connectivity index (χ3v) is 4.31. The van der Waals surface area contributed by atoms with Gasteiger partial charge in [-0.25, -0.2) is 0 Å². The number of fused-ring (bicyclic) bond motifs is 3. The lowest BCUT2D eigenvalue weighted by Gasteiger charge is -2.06. The molecular formula is C19H19N3. The molecule has 0 bridgehead atoms. The summed E-state index contributed by atoms with van der Waals surface area (Å²) in [5.41, 5.74) is 8.89. The molecule has 1 aromatic heterocycles. The second kappa shape index (κ2) is 5.02. The van der Waals surface area contributed by atoms with Gasteiger partial charge in [-0.2, -0.15) is 5.10 Å². The molecule has 1 heterocycles. The van der Waals surface area contributed by atoms with E-state index < -0.39 is 0 Å². The fraction of sp³-hybridized carbons (Fsp3) is 0.211. The second-order valence-corrected chi connectivity index (χ2v) is 6.11. The van der Waals surface area contributed by atoms with Crippen LogP contribution in [0.4, 0.5) is 5.82 Å². The molecular weight excluding hydrogens is 270 g/mol. The number of hydrogen-bond acceptors (Lipinski definition) is 2. The molecule has 3 heteroatoms. The zero-order valence-corrected chi connectivity index (χ0v) is 12.9. The zero-order chi connectivity index (χ0) is 15.1. The molecule has 0 atom stereocenters. The van der Waals surface area contributed by atoms with Crippen LogP contribution in [0.15, 0.2) is 42.5 Å². The summed E-state index contributed by atoms with van der Waals surface area (Å²) in [6.07, 6.45) is 0.956. The first kappa shape index (κ1) is 13.1. The molecule has 3 aromatic rings. The largest absolute Gasteiger partial charge is 0.366 e. The van der Waals surface area contributed by atoms with Crippen molar-refractivity contribution in [2.75, 3.05) is 5.32 Å². The molecule has 0 spiro atoms. The average Bonchev–Trinajstić information content (AvgIpc) is 3.05. The Balaban J connectivity index is 1.59. The molecule has 110 valence electrons. The molecule has 0 fully saturated rings. The van der Waals surface area contributed by atoms with Crippen molar-refractivity contribution < 1.29 is 0 Å². The van der Waals surface area contributed by atoms with Gasteiger partial charge in [0.05, 0.1) is 5.69 Å². The van der Waals surface area contributed by atoms with Crippen LogP contribution < -0.4 is 5.32 Å². The lowest BCUT2D eigenvalue weighted by Crippen LogP contribution is -2.02. The topological polar surface area (TPSA) is 40.7 Å². The molecule has 2 N–H and O–H groups in total. The van der Waals surface area contributed by atoms with E-state index in [1.807, 2.05) is 0 Å². The van der Waals surface area contributed by atoms with E-state index in [2.05, 4.69) is 71.8 Å². The molecule has 4 rings (SSSR count). The van der Waals surface area contributed by atoms with Gasteiger partial charge in [-0.15, -0.1) is 0 Å². The molecule has 0 saturated carbocycles. The van der Waals surface area contributed by atoms with E-state index in [0.29, 0.717) is 0 Å². The number of aryl methyl sites for hydroxylation is 2. The normalized spacial score (nSPS) is 12.1. The van der Waals surface area contributed by atoms with Gasteiger partial charge in [0.2, 0.25) is 0 Å². The van der Waals surface area contributed by atoms with Crippen LogP contribution in [-0.4, -0.2) is 10.2 Å². The van der Waals surface area contributed by atoms with Gasteiger partial charge < -0.3 is 5.32 Å². The van der Waals surface area contributed by atoms with Crippen LogP contribution in [0.3, 0.4) is 0 Å². The summed E-state index contributed by atoms with van der Waals surface area (Å²) in [4.78, 5) is 0. The number of H-pyrrole nitrogens is 1. The Morgan fingerprint density at radius 1 is 1.09 bits per heavy atom. The Hall–Kier alpha value is -2.55. The summed E-state index contributed by atoms with van der Waals surface area (Å²) >= 11 is 0. The van der Waals surface area contributed by atoms with Crippen LogP contribution in [0.25, 0.3) is 11.3 Å². The van der Waals surface area contributed by atoms with Crippen molar-refractivity contribution in [1.29, 1.82) is 0 Å². The molecule has 0 radical (unpaired) electrons. The Morgan fingerprint density at radius 2 is 1.95 bits per heavy atom. The van der Waals surface area contributed by atoms with Gasteiger partial charge in [0.1, 0.15) is 5.82 Å². The quantitative estimate of drug-likeness (QED) is 0.593. The highest BCUT2D eigenvalue weighted by Gasteiger charge is 2.24. The van der Waals surface area contributed by atoms with Crippen molar-refractivity contribution in [1.82, 2.24) is 10.2 Å². The van der Waals surface area contributed by atoms with Gasteiger partial charge in [0.15, 0.2) is 0 Å². The smallest absolute Gasteiger partial charge is 0.125 e. The molecule has 0 unspecified atom stereocenters. The van der Waals surface area contributed by atoms with Crippen molar-refractivity contribution in [3.05, 3.63) is 70.3 Å². The number of anilines is 1. The Kier molecular flexibility index (Phi) is 3.00. The van der Waals surface area contributed by atoms with Gasteiger partial charge in [0, 0.05) is 24.1 Å². The predicted molar refractivity (Wildman–Crippen MR) is 90.1 cm³/mol. The number of aromatic amines is 1. The summed E-state index contributed by atoms with van der Waals surface area (Å²) < 4.78 is 0. The lowest BCUT2D eigenvalue weighted by molar-refractivity contribution is 1.04. The molecule has 22 heavy (non-hydrogen) atoms. The highest BCUT2D eigenvalue weighted by molar-refractivity contribution is 5.78. The maximum atomic E-state index is 4.52. The van der Waals surface area contributed by atoms with Crippen LogP contribution in [0, 0.1) is 13.8 Å². The number of aromatic nitrogens is 2. The van der Waals surface area contributed by atoms with Crippen molar-refractivity contribution in [2.45, 2.75) is 26.8 Å². The second-order valence-electron chi connectivity index (χ2n) is 6.11. The molecule has 1 aliphatic rings. The molecule has 0 saturated heterocycles. The number of benzene rings is 2. The van der Waals surface area contributed by atoms with Crippen molar-refractivity contribution >= 4 is 5.82 Å². The first-order valence-electron chi connectivity index (χ1n) is 7.67. The van der Waals surface area contributed by atoms with Gasteiger partial charge in [0.25, 0.3) is 0 Å². The van der Waals surface area contributed by atoms with Crippen LogP contribution in [0.1, 0.15) is 27.8 Å². The molecule has 1 aliphatic carbocycles. The molecule has 2 aromatic carbocycles. The fourth-order valence-electron chi connectivity index (χ4n) is 3.17. The maximum absolute atomic E-state index is 4.52. The van der Waals surface area contributed by atoms with Crippen molar-refractivity contribution in [3.8, 4) is 11.3 Å². The van der Waals surface area contributed by atoms with E-state index in [1.165, 1.54) is 33.4 Å². The molecule has 0 aliphatic heterocycles. The minimum atomic E-state index is 0.811. The van der Waals surface area contributed by atoms with Crippen molar-refractivity contribution in [2.24, 2.45) is 0 Å². The average molecular weight is 289 g/mol. The zero-order valence-electron chi connectivity index (χ0n) is 12.9. The van der Waals surface area contributed by atoms with Crippen LogP contribution >= 0.6 is 0 Å². The summed E-state index contributed by atoms with van der Waals surface area (Å²) in [7, 11) is 0. The van der Waals surface area contributed by atoms with Gasteiger partial charge in [-0.1, -0.05) is 47.5 Å². The highest BCUT2D eigenvalue weighted by atomic mass is 15.2. The van der Waals surface area contributed by atoms with Gasteiger partial charge >= 0.3 is 0 Å². The lowest BCUT2D eigenvalue weighted by atomic mass is 10.1. The first-order chi connectivity index (χ1) is 10.7. The minimum Gasteiger partial charge on any atom is -0.366 e. The monoisotopic (exact) mass is 289 g/mol. The molecule has 0 amide bonds. The van der Waals surface area contributed by atoms with Gasteiger partial charge in [-0.05, 0) is 31.0 Å². The number of nitrogens with zero attached hydrogens (tertiary/aromatic N) is 1. The van der Waals surface area contributed by atoms with Gasteiger partial charge in [-0.3, -0.25) is 5.10 Å². The summed E-state index contributed by atoms with van der Waals surface area (Å²) in [5, 5.41) is 11.2. The van der Waals surface area contributed by atoms with E-state index >= 15 is 0 Å². The molecule has 3 nitrogen and oxygen atoms in total. The summed E-state index contributed by atoms with van der Waals surface area (Å²) in [5.74, 6) is 1.05. The Bertz CT molecular complexity index is 846.